The zero-order valence-electron chi connectivity index (χ0n) is 11.2. The number of amides is 1. The first-order valence-electron chi connectivity index (χ1n) is 6.06. The van der Waals surface area contributed by atoms with Crippen LogP contribution in [0.1, 0.15) is 29.1 Å². The zero-order valence-corrected chi connectivity index (χ0v) is 12.1. The fourth-order valence-electron chi connectivity index (χ4n) is 1.84. The number of anilines is 1. The van der Waals surface area contributed by atoms with Gasteiger partial charge in [0.2, 0.25) is 15.9 Å². The standard InChI is InChI=1S/C13H15N3O4S/c1-8(11-3-2-6-20-11)16-21(18,19)12-5-4-9(13(15)17)7-10(12)14/h2-8,16H,14H2,1H3,(H2,15,17). The van der Waals surface area contributed by atoms with Gasteiger partial charge in [0.15, 0.2) is 0 Å². The monoisotopic (exact) mass is 309 g/mol. The van der Waals surface area contributed by atoms with Crippen molar-refractivity contribution in [3.8, 4) is 0 Å². The minimum atomic E-state index is -3.85. The molecular formula is C13H15N3O4S. The summed E-state index contributed by atoms with van der Waals surface area (Å²) in [4.78, 5) is 10.9. The number of nitrogens with one attached hydrogen (secondary N) is 1. The van der Waals surface area contributed by atoms with Crippen molar-refractivity contribution < 1.29 is 17.6 Å². The van der Waals surface area contributed by atoms with Crippen LogP contribution in [0, 0.1) is 0 Å². The van der Waals surface area contributed by atoms with Crippen molar-refractivity contribution >= 4 is 21.6 Å². The number of primary amides is 1. The summed E-state index contributed by atoms with van der Waals surface area (Å²) in [5, 5.41) is 0. The van der Waals surface area contributed by atoms with Crippen LogP contribution >= 0.6 is 0 Å². The van der Waals surface area contributed by atoms with E-state index in [1.807, 2.05) is 0 Å². The average Bonchev–Trinajstić information content (AvgIpc) is 2.91. The van der Waals surface area contributed by atoms with Crippen molar-refractivity contribution in [2.24, 2.45) is 5.73 Å². The Labute approximate surface area is 122 Å². The molecule has 1 heterocycles. The van der Waals surface area contributed by atoms with Gasteiger partial charge in [0.25, 0.3) is 0 Å². The second-order valence-corrected chi connectivity index (χ2v) is 6.16. The van der Waals surface area contributed by atoms with Crippen LogP contribution in [0.2, 0.25) is 0 Å². The Morgan fingerprint density at radius 2 is 2.05 bits per heavy atom. The summed E-state index contributed by atoms with van der Waals surface area (Å²) in [6.45, 7) is 1.64. The Morgan fingerprint density at radius 1 is 1.33 bits per heavy atom. The van der Waals surface area contributed by atoms with Crippen LogP contribution in [0.3, 0.4) is 0 Å². The number of sulfonamides is 1. The van der Waals surface area contributed by atoms with E-state index in [1.54, 1.807) is 19.1 Å². The lowest BCUT2D eigenvalue weighted by molar-refractivity contribution is 0.1000. The molecule has 1 aromatic carbocycles. The molecule has 1 amide bonds. The predicted molar refractivity (Wildman–Crippen MR) is 76.8 cm³/mol. The highest BCUT2D eigenvalue weighted by atomic mass is 32.2. The Bertz CT molecular complexity index is 754. The van der Waals surface area contributed by atoms with E-state index in [0.717, 1.165) is 0 Å². The molecule has 0 spiro atoms. The number of furan rings is 1. The highest BCUT2D eigenvalue weighted by molar-refractivity contribution is 7.89. The maximum atomic E-state index is 12.3. The molecule has 0 aliphatic heterocycles. The lowest BCUT2D eigenvalue weighted by atomic mass is 10.2. The normalized spacial score (nSPS) is 13.0. The minimum Gasteiger partial charge on any atom is -0.468 e. The molecule has 0 radical (unpaired) electrons. The van der Waals surface area contributed by atoms with Crippen LogP contribution in [0.25, 0.3) is 0 Å². The van der Waals surface area contributed by atoms with Crippen LogP contribution in [0.5, 0.6) is 0 Å². The number of hydrogen-bond acceptors (Lipinski definition) is 5. The van der Waals surface area contributed by atoms with Gasteiger partial charge in [0.05, 0.1) is 18.0 Å². The van der Waals surface area contributed by atoms with Gasteiger partial charge in [-0.05, 0) is 37.3 Å². The Balaban J connectivity index is 2.29. The van der Waals surface area contributed by atoms with E-state index in [2.05, 4.69) is 4.72 Å². The number of hydrogen-bond donors (Lipinski definition) is 3. The lowest BCUT2D eigenvalue weighted by Gasteiger charge is -2.13. The molecule has 0 bridgehead atoms. The number of nitrogen functional groups attached to an aromatic ring is 1. The molecule has 21 heavy (non-hydrogen) atoms. The van der Waals surface area contributed by atoms with Crippen LogP contribution in [-0.2, 0) is 10.0 Å². The van der Waals surface area contributed by atoms with Crippen molar-refractivity contribution in [2.75, 3.05) is 5.73 Å². The van der Waals surface area contributed by atoms with Crippen LogP contribution in [0.4, 0.5) is 5.69 Å². The average molecular weight is 309 g/mol. The molecular weight excluding hydrogens is 294 g/mol. The molecule has 0 aliphatic rings. The van der Waals surface area contributed by atoms with E-state index in [4.69, 9.17) is 15.9 Å². The van der Waals surface area contributed by atoms with Gasteiger partial charge in [0.1, 0.15) is 10.7 Å². The summed E-state index contributed by atoms with van der Waals surface area (Å²) >= 11 is 0. The van der Waals surface area contributed by atoms with E-state index in [9.17, 15) is 13.2 Å². The molecule has 0 saturated heterocycles. The van der Waals surface area contributed by atoms with Gasteiger partial charge < -0.3 is 15.9 Å². The third-order valence-corrected chi connectivity index (χ3v) is 4.50. The van der Waals surface area contributed by atoms with Gasteiger partial charge in [-0.1, -0.05) is 0 Å². The summed E-state index contributed by atoms with van der Waals surface area (Å²) in [6, 6.07) is 6.55. The third kappa shape index (κ3) is 3.23. The summed E-state index contributed by atoms with van der Waals surface area (Å²) in [7, 11) is -3.85. The minimum absolute atomic E-state index is 0.0505. The van der Waals surface area contributed by atoms with Crippen LogP contribution in [-0.4, -0.2) is 14.3 Å². The quantitative estimate of drug-likeness (QED) is 0.710. The molecule has 2 rings (SSSR count). The Morgan fingerprint density at radius 3 is 2.57 bits per heavy atom. The summed E-state index contributed by atoms with van der Waals surface area (Å²) in [6.07, 6.45) is 1.45. The van der Waals surface area contributed by atoms with Gasteiger partial charge in [-0.3, -0.25) is 4.79 Å². The number of rotatable bonds is 5. The molecule has 0 fully saturated rings. The van der Waals surface area contributed by atoms with Crippen molar-refractivity contribution in [1.82, 2.24) is 4.72 Å². The van der Waals surface area contributed by atoms with Crippen LogP contribution < -0.4 is 16.2 Å². The smallest absolute Gasteiger partial charge is 0.248 e. The van der Waals surface area contributed by atoms with Crippen molar-refractivity contribution in [3.63, 3.8) is 0 Å². The highest BCUT2D eigenvalue weighted by Crippen LogP contribution is 2.22. The fourth-order valence-corrected chi connectivity index (χ4v) is 3.16. The SMILES string of the molecule is CC(NS(=O)(=O)c1ccc(C(N)=O)cc1N)c1ccco1. The van der Waals surface area contributed by atoms with Gasteiger partial charge >= 0.3 is 0 Å². The first-order valence-corrected chi connectivity index (χ1v) is 7.54. The second-order valence-electron chi connectivity index (χ2n) is 4.48. The molecule has 1 aromatic heterocycles. The van der Waals surface area contributed by atoms with Gasteiger partial charge in [0, 0.05) is 5.56 Å². The molecule has 1 atom stereocenters. The maximum absolute atomic E-state index is 12.3. The molecule has 0 aliphatic carbocycles. The Hall–Kier alpha value is -2.32. The molecule has 5 N–H and O–H groups in total. The van der Waals surface area contributed by atoms with Crippen molar-refractivity contribution in [1.29, 1.82) is 0 Å². The van der Waals surface area contributed by atoms with Crippen LogP contribution in [0.15, 0.2) is 45.9 Å². The predicted octanol–water partition coefficient (Wildman–Crippen LogP) is 1.00. The molecule has 112 valence electrons. The highest BCUT2D eigenvalue weighted by Gasteiger charge is 2.22. The van der Waals surface area contributed by atoms with Crippen molar-refractivity contribution in [3.05, 3.63) is 47.9 Å². The summed E-state index contributed by atoms with van der Waals surface area (Å²) in [5.74, 6) is -0.200. The maximum Gasteiger partial charge on any atom is 0.248 e. The molecule has 7 nitrogen and oxygen atoms in total. The van der Waals surface area contributed by atoms with E-state index in [-0.39, 0.29) is 16.1 Å². The van der Waals surface area contributed by atoms with Crippen molar-refractivity contribution in [2.45, 2.75) is 17.9 Å². The van der Waals surface area contributed by atoms with Gasteiger partial charge in [-0.15, -0.1) is 0 Å². The molecule has 8 heteroatoms. The zero-order chi connectivity index (χ0) is 15.6. The topological polar surface area (TPSA) is 128 Å². The van der Waals surface area contributed by atoms with Gasteiger partial charge in [-0.2, -0.15) is 0 Å². The molecule has 1 unspecified atom stereocenters. The lowest BCUT2D eigenvalue weighted by Crippen LogP contribution is -2.27. The largest absolute Gasteiger partial charge is 0.468 e. The number of carbonyl (C=O) groups excluding carboxylic acids is 1. The van der Waals surface area contributed by atoms with E-state index in [0.29, 0.717) is 5.76 Å². The van der Waals surface area contributed by atoms with E-state index >= 15 is 0 Å². The van der Waals surface area contributed by atoms with Gasteiger partial charge in [-0.25, -0.2) is 13.1 Å². The third-order valence-electron chi connectivity index (χ3n) is 2.89. The second kappa shape index (κ2) is 5.58. The number of carbonyl (C=O) groups is 1. The van der Waals surface area contributed by atoms with E-state index in [1.165, 1.54) is 24.5 Å². The fraction of sp³-hybridized carbons (Fsp3) is 0.154. The first kappa shape index (κ1) is 15.1. The first-order chi connectivity index (χ1) is 9.81. The molecule has 0 saturated carbocycles. The molecule has 2 aromatic rings. The number of nitrogens with two attached hydrogens (primary N) is 2. The Kier molecular flexibility index (Phi) is 4.01. The number of benzene rings is 1. The van der Waals surface area contributed by atoms with E-state index < -0.39 is 22.0 Å². The summed E-state index contributed by atoms with van der Waals surface area (Å²) in [5.41, 5.74) is 10.9. The summed E-state index contributed by atoms with van der Waals surface area (Å²) < 4.78 is 32.2.